The van der Waals surface area contributed by atoms with Crippen LogP contribution in [0, 0.1) is 17.2 Å². The van der Waals surface area contributed by atoms with Gasteiger partial charge in [-0.15, -0.1) is 0 Å². The molecule has 0 unspecified atom stereocenters. The third kappa shape index (κ3) is 4.71. The van der Waals surface area contributed by atoms with Crippen molar-refractivity contribution in [3.05, 3.63) is 47.8 Å². The Labute approximate surface area is 172 Å². The van der Waals surface area contributed by atoms with E-state index in [4.69, 9.17) is 10.5 Å². The summed E-state index contributed by atoms with van der Waals surface area (Å²) >= 11 is 0. The quantitative estimate of drug-likeness (QED) is 0.641. The van der Waals surface area contributed by atoms with Crippen LogP contribution in [0.5, 0.6) is 5.75 Å². The monoisotopic (exact) mass is 417 g/mol. The third-order valence-corrected chi connectivity index (χ3v) is 4.48. The first-order valence-corrected chi connectivity index (χ1v) is 9.38. The second kappa shape index (κ2) is 7.95. The van der Waals surface area contributed by atoms with E-state index >= 15 is 0 Å². The molecule has 1 atom stereocenters. The van der Waals surface area contributed by atoms with Crippen LogP contribution in [-0.4, -0.2) is 26.7 Å². The number of aromatic nitrogens is 3. The molecule has 0 aliphatic heterocycles. The molecule has 158 valence electrons. The smallest absolute Gasteiger partial charge is 0.435 e. The van der Waals surface area contributed by atoms with Crippen molar-refractivity contribution in [3.8, 4) is 23.1 Å². The Morgan fingerprint density at radius 3 is 2.60 bits per heavy atom. The van der Waals surface area contributed by atoms with Crippen LogP contribution in [0.4, 0.5) is 13.2 Å². The highest BCUT2D eigenvalue weighted by molar-refractivity contribution is 5.66. The summed E-state index contributed by atoms with van der Waals surface area (Å²) in [7, 11) is 0. The van der Waals surface area contributed by atoms with Crippen molar-refractivity contribution >= 4 is 5.65 Å². The number of nitriles is 1. The molecule has 0 spiro atoms. The number of halogens is 3. The van der Waals surface area contributed by atoms with Gasteiger partial charge >= 0.3 is 6.18 Å². The first-order valence-electron chi connectivity index (χ1n) is 9.38. The standard InChI is InChI=1S/C21H22F3N5O/c1-13(2)10-20(3,26)12-30-17-5-4-14(8-15(17)11-25)16-6-7-27-19-9-18(21(22,23)24)28-29(16)19/h4-9,13H,10,12,26H2,1-3H3/t20-/m0/s1. The summed E-state index contributed by atoms with van der Waals surface area (Å²) in [6, 6.07) is 9.31. The van der Waals surface area contributed by atoms with Gasteiger partial charge in [-0.2, -0.15) is 23.5 Å². The molecule has 2 heterocycles. The highest BCUT2D eigenvalue weighted by Gasteiger charge is 2.34. The molecular formula is C21H22F3N5O. The minimum Gasteiger partial charge on any atom is -0.490 e. The molecule has 30 heavy (non-hydrogen) atoms. The van der Waals surface area contributed by atoms with Gasteiger partial charge in [0.15, 0.2) is 11.3 Å². The normalized spacial score (nSPS) is 14.0. The average molecular weight is 417 g/mol. The zero-order valence-electron chi connectivity index (χ0n) is 16.9. The summed E-state index contributed by atoms with van der Waals surface area (Å²) in [4.78, 5) is 3.94. The summed E-state index contributed by atoms with van der Waals surface area (Å²) in [5.74, 6) is 0.759. The van der Waals surface area contributed by atoms with Crippen LogP contribution in [0.3, 0.4) is 0 Å². The lowest BCUT2D eigenvalue weighted by atomic mass is 9.93. The Morgan fingerprint density at radius 1 is 1.23 bits per heavy atom. The van der Waals surface area contributed by atoms with Gasteiger partial charge in [0.25, 0.3) is 0 Å². The number of rotatable bonds is 6. The van der Waals surface area contributed by atoms with Gasteiger partial charge < -0.3 is 10.5 Å². The molecule has 9 heteroatoms. The van der Waals surface area contributed by atoms with Gasteiger partial charge in [-0.25, -0.2) is 9.50 Å². The molecule has 0 bridgehead atoms. The number of hydrogen-bond acceptors (Lipinski definition) is 5. The number of nitrogens with zero attached hydrogens (tertiary/aromatic N) is 4. The molecule has 0 aliphatic carbocycles. The topological polar surface area (TPSA) is 89.2 Å². The summed E-state index contributed by atoms with van der Waals surface area (Å²) in [5.41, 5.74) is 5.88. The number of nitrogens with two attached hydrogens (primary N) is 1. The SMILES string of the molecule is CC(C)C[C@](C)(N)COc1ccc(-c2ccnc3cc(C(F)(F)F)nn23)cc1C#N. The molecule has 0 saturated heterocycles. The fraction of sp³-hybridized carbons (Fsp3) is 0.381. The Morgan fingerprint density at radius 2 is 1.97 bits per heavy atom. The molecular weight excluding hydrogens is 395 g/mol. The van der Waals surface area contributed by atoms with Crippen molar-refractivity contribution in [2.24, 2.45) is 11.7 Å². The lowest BCUT2D eigenvalue weighted by molar-refractivity contribution is -0.141. The zero-order valence-corrected chi connectivity index (χ0v) is 16.9. The van der Waals surface area contributed by atoms with Gasteiger partial charge in [0.1, 0.15) is 18.4 Å². The van der Waals surface area contributed by atoms with Crippen molar-refractivity contribution in [2.75, 3.05) is 6.61 Å². The molecule has 6 nitrogen and oxygen atoms in total. The first kappa shape index (κ1) is 21.6. The fourth-order valence-electron chi connectivity index (χ4n) is 3.39. The van der Waals surface area contributed by atoms with Crippen LogP contribution in [0.2, 0.25) is 0 Å². The van der Waals surface area contributed by atoms with E-state index in [1.165, 1.54) is 12.3 Å². The fourth-order valence-corrected chi connectivity index (χ4v) is 3.39. The van der Waals surface area contributed by atoms with Crippen molar-refractivity contribution < 1.29 is 17.9 Å². The predicted molar refractivity (Wildman–Crippen MR) is 106 cm³/mol. The predicted octanol–water partition coefficient (Wildman–Crippen LogP) is 4.43. The Hall–Kier alpha value is -3.12. The largest absolute Gasteiger partial charge is 0.490 e. The van der Waals surface area contributed by atoms with E-state index in [9.17, 15) is 18.4 Å². The van der Waals surface area contributed by atoms with E-state index in [0.29, 0.717) is 22.9 Å². The maximum Gasteiger partial charge on any atom is 0.435 e. The van der Waals surface area contributed by atoms with Gasteiger partial charge in [0.2, 0.25) is 0 Å². The molecule has 0 saturated carbocycles. The van der Waals surface area contributed by atoms with Crippen molar-refractivity contribution in [2.45, 2.75) is 38.9 Å². The number of hydrogen-bond donors (Lipinski definition) is 1. The second-order valence-corrected chi connectivity index (χ2v) is 7.99. The van der Waals surface area contributed by atoms with Gasteiger partial charge in [-0.1, -0.05) is 13.8 Å². The Kier molecular flexibility index (Phi) is 5.72. The molecule has 0 aliphatic rings. The highest BCUT2D eigenvalue weighted by atomic mass is 19.4. The van der Waals surface area contributed by atoms with Crippen LogP contribution in [0.15, 0.2) is 36.5 Å². The van der Waals surface area contributed by atoms with E-state index in [1.54, 1.807) is 18.2 Å². The summed E-state index contributed by atoms with van der Waals surface area (Å²) in [6.07, 6.45) is -2.43. The molecule has 3 rings (SSSR count). The minimum atomic E-state index is -4.58. The number of benzene rings is 1. The van der Waals surface area contributed by atoms with E-state index in [2.05, 4.69) is 30.0 Å². The third-order valence-electron chi connectivity index (χ3n) is 4.48. The summed E-state index contributed by atoms with van der Waals surface area (Å²) in [5, 5.41) is 13.2. The van der Waals surface area contributed by atoms with Gasteiger partial charge in [0, 0.05) is 23.4 Å². The molecule has 0 fully saturated rings. The Balaban J connectivity index is 1.94. The molecule has 0 radical (unpaired) electrons. The van der Waals surface area contributed by atoms with Crippen LogP contribution < -0.4 is 10.5 Å². The van der Waals surface area contributed by atoms with Gasteiger partial charge in [0.05, 0.1) is 11.3 Å². The number of alkyl halides is 3. The highest BCUT2D eigenvalue weighted by Crippen LogP contribution is 2.31. The lowest BCUT2D eigenvalue weighted by Gasteiger charge is -2.26. The zero-order chi connectivity index (χ0) is 22.1. The van der Waals surface area contributed by atoms with Crippen LogP contribution in [-0.2, 0) is 6.18 Å². The van der Waals surface area contributed by atoms with Crippen LogP contribution in [0.25, 0.3) is 16.9 Å². The maximum absolute atomic E-state index is 13.0. The van der Waals surface area contributed by atoms with E-state index in [0.717, 1.165) is 17.0 Å². The van der Waals surface area contributed by atoms with E-state index < -0.39 is 17.4 Å². The number of fused-ring (bicyclic) bond motifs is 1. The summed E-state index contributed by atoms with van der Waals surface area (Å²) < 4.78 is 46.0. The molecule has 0 amide bonds. The van der Waals surface area contributed by atoms with Gasteiger partial charge in [-0.05, 0) is 43.5 Å². The van der Waals surface area contributed by atoms with E-state index in [1.807, 2.05) is 6.92 Å². The van der Waals surface area contributed by atoms with Crippen LogP contribution >= 0.6 is 0 Å². The van der Waals surface area contributed by atoms with Crippen molar-refractivity contribution in [1.82, 2.24) is 14.6 Å². The maximum atomic E-state index is 13.0. The number of ether oxygens (including phenoxy) is 1. The summed E-state index contributed by atoms with van der Waals surface area (Å²) in [6.45, 7) is 6.25. The minimum absolute atomic E-state index is 0.0613. The molecule has 3 aromatic rings. The molecule has 1 aromatic carbocycles. The lowest BCUT2D eigenvalue weighted by Crippen LogP contribution is -2.43. The second-order valence-electron chi connectivity index (χ2n) is 7.99. The van der Waals surface area contributed by atoms with E-state index in [-0.39, 0.29) is 17.8 Å². The average Bonchev–Trinajstić information content (AvgIpc) is 3.10. The molecule has 2 aromatic heterocycles. The van der Waals surface area contributed by atoms with Gasteiger partial charge in [-0.3, -0.25) is 0 Å². The Bertz CT molecular complexity index is 1100. The first-order chi connectivity index (χ1) is 14.0. The van der Waals surface area contributed by atoms with Crippen LogP contribution in [0.1, 0.15) is 38.4 Å². The molecule has 2 N–H and O–H groups in total. The van der Waals surface area contributed by atoms with Crippen molar-refractivity contribution in [1.29, 1.82) is 5.26 Å². The van der Waals surface area contributed by atoms with Crippen molar-refractivity contribution in [3.63, 3.8) is 0 Å².